The lowest BCUT2D eigenvalue weighted by molar-refractivity contribution is -0.167. The second-order valence-electron chi connectivity index (χ2n) is 22.0. The normalized spacial score (nSPS) is 13.0. The largest absolute Gasteiger partial charge is 0.462 e. The lowest BCUT2D eigenvalue weighted by atomic mass is 10.0. The van der Waals surface area contributed by atoms with E-state index in [1.165, 1.54) is 122 Å². The van der Waals surface area contributed by atoms with Crippen LogP contribution in [0.1, 0.15) is 303 Å². The van der Waals surface area contributed by atoms with Crippen LogP contribution in [0.25, 0.3) is 0 Å². The van der Waals surface area contributed by atoms with Crippen LogP contribution in [0.2, 0.25) is 0 Å². The first kappa shape index (κ1) is 76.5. The molecular formula is C75H124O6. The van der Waals surface area contributed by atoms with Gasteiger partial charge in [-0.1, -0.05) is 289 Å². The number of rotatable bonds is 60. The van der Waals surface area contributed by atoms with Crippen molar-refractivity contribution in [1.82, 2.24) is 0 Å². The molecule has 0 spiro atoms. The Morgan fingerprint density at radius 1 is 0.259 bits per heavy atom. The SMILES string of the molecule is CC/C=C\C/C=C\C/C=C\C/C=C\C/C=C\C/C=C\CCCCCCCCCCCCCCCCC(=O)OCC(COC(=O)CCCCCCC/C=C\CCCC)OC(=O)CCCCCCCC/C=C\C/C=C\C/C=C\C/C=C\CC. The van der Waals surface area contributed by atoms with Gasteiger partial charge in [-0.05, 0) is 128 Å². The van der Waals surface area contributed by atoms with E-state index >= 15 is 0 Å². The number of carbonyl (C=O) groups is 3. The summed E-state index contributed by atoms with van der Waals surface area (Å²) in [5, 5.41) is 0. The van der Waals surface area contributed by atoms with Gasteiger partial charge in [0.25, 0.3) is 0 Å². The summed E-state index contributed by atoms with van der Waals surface area (Å²) in [6.07, 6.45) is 96.2. The van der Waals surface area contributed by atoms with Crippen LogP contribution >= 0.6 is 0 Å². The lowest BCUT2D eigenvalue weighted by Gasteiger charge is -2.18. The summed E-state index contributed by atoms with van der Waals surface area (Å²) in [7, 11) is 0. The summed E-state index contributed by atoms with van der Waals surface area (Å²) in [5.41, 5.74) is 0. The number of unbranched alkanes of at least 4 members (excludes halogenated alkanes) is 27. The summed E-state index contributed by atoms with van der Waals surface area (Å²) >= 11 is 0. The highest BCUT2D eigenvalue weighted by molar-refractivity contribution is 5.71. The number of allylic oxidation sites excluding steroid dienone is 22. The van der Waals surface area contributed by atoms with Crippen molar-refractivity contribution < 1.29 is 28.6 Å². The van der Waals surface area contributed by atoms with E-state index in [-0.39, 0.29) is 31.1 Å². The number of hydrogen-bond acceptors (Lipinski definition) is 6. The van der Waals surface area contributed by atoms with Crippen molar-refractivity contribution in [2.45, 2.75) is 309 Å². The van der Waals surface area contributed by atoms with Crippen molar-refractivity contribution in [3.05, 3.63) is 134 Å². The zero-order valence-electron chi connectivity index (χ0n) is 52.8. The molecule has 0 aromatic carbocycles. The number of carbonyl (C=O) groups excluding carboxylic acids is 3. The summed E-state index contributed by atoms with van der Waals surface area (Å²) in [4.78, 5) is 38.3. The molecule has 81 heavy (non-hydrogen) atoms. The minimum atomic E-state index is -0.793. The average Bonchev–Trinajstić information content (AvgIpc) is 3.47. The van der Waals surface area contributed by atoms with Crippen molar-refractivity contribution in [3.8, 4) is 0 Å². The van der Waals surface area contributed by atoms with Gasteiger partial charge in [0, 0.05) is 19.3 Å². The molecule has 6 heteroatoms. The Labute approximate surface area is 500 Å². The van der Waals surface area contributed by atoms with Crippen LogP contribution in [0.15, 0.2) is 134 Å². The van der Waals surface area contributed by atoms with Gasteiger partial charge in [-0.15, -0.1) is 0 Å². The fourth-order valence-corrected chi connectivity index (χ4v) is 9.13. The topological polar surface area (TPSA) is 78.9 Å². The Balaban J connectivity index is 4.21. The van der Waals surface area contributed by atoms with Crippen molar-refractivity contribution >= 4 is 17.9 Å². The minimum Gasteiger partial charge on any atom is -0.462 e. The Bertz CT molecular complexity index is 1720. The average molecular weight is 1120 g/mol. The highest BCUT2D eigenvalue weighted by Crippen LogP contribution is 2.16. The molecule has 0 heterocycles. The van der Waals surface area contributed by atoms with Gasteiger partial charge < -0.3 is 14.2 Å². The van der Waals surface area contributed by atoms with E-state index in [1.807, 2.05) is 0 Å². The molecule has 0 aliphatic carbocycles. The smallest absolute Gasteiger partial charge is 0.306 e. The zero-order chi connectivity index (χ0) is 58.5. The molecule has 0 bridgehead atoms. The highest BCUT2D eigenvalue weighted by atomic mass is 16.6. The predicted octanol–water partition coefficient (Wildman–Crippen LogP) is 23.3. The van der Waals surface area contributed by atoms with E-state index in [0.717, 1.165) is 141 Å². The van der Waals surface area contributed by atoms with Gasteiger partial charge >= 0.3 is 17.9 Å². The first-order valence-electron chi connectivity index (χ1n) is 33.7. The first-order chi connectivity index (χ1) is 40.0. The second kappa shape index (κ2) is 68.1. The molecule has 0 fully saturated rings. The molecule has 1 atom stereocenters. The van der Waals surface area contributed by atoms with E-state index in [1.54, 1.807) is 0 Å². The van der Waals surface area contributed by atoms with Gasteiger partial charge in [-0.3, -0.25) is 14.4 Å². The second-order valence-corrected chi connectivity index (χ2v) is 22.0. The minimum absolute atomic E-state index is 0.0882. The van der Waals surface area contributed by atoms with E-state index in [0.29, 0.717) is 19.3 Å². The van der Waals surface area contributed by atoms with Gasteiger partial charge in [0.1, 0.15) is 13.2 Å². The molecule has 0 N–H and O–H groups in total. The summed E-state index contributed by atoms with van der Waals surface area (Å²) in [6, 6.07) is 0. The molecule has 0 aliphatic heterocycles. The highest BCUT2D eigenvalue weighted by Gasteiger charge is 2.19. The zero-order valence-corrected chi connectivity index (χ0v) is 52.8. The molecular weight excluding hydrogens is 997 g/mol. The van der Waals surface area contributed by atoms with Crippen LogP contribution in [-0.4, -0.2) is 37.2 Å². The molecule has 0 rings (SSSR count). The molecule has 0 aromatic heterocycles. The van der Waals surface area contributed by atoms with Crippen LogP contribution in [0.3, 0.4) is 0 Å². The number of esters is 3. The maximum atomic E-state index is 12.9. The predicted molar refractivity (Wildman–Crippen MR) is 353 cm³/mol. The van der Waals surface area contributed by atoms with Crippen molar-refractivity contribution in [2.24, 2.45) is 0 Å². The van der Waals surface area contributed by atoms with Gasteiger partial charge in [0.2, 0.25) is 0 Å². The van der Waals surface area contributed by atoms with Crippen molar-refractivity contribution in [2.75, 3.05) is 13.2 Å². The van der Waals surface area contributed by atoms with Gasteiger partial charge in [0.15, 0.2) is 6.10 Å². The quantitative estimate of drug-likeness (QED) is 0.0261. The third-order valence-corrected chi connectivity index (χ3v) is 14.1. The fourth-order valence-electron chi connectivity index (χ4n) is 9.13. The third kappa shape index (κ3) is 66.2. The molecule has 1 unspecified atom stereocenters. The molecule has 0 aliphatic rings. The summed E-state index contributed by atoms with van der Waals surface area (Å²) < 4.78 is 16.9. The van der Waals surface area contributed by atoms with Crippen LogP contribution in [0.4, 0.5) is 0 Å². The molecule has 0 saturated carbocycles. The molecule has 0 aromatic rings. The Kier molecular flexibility index (Phi) is 64.3. The van der Waals surface area contributed by atoms with Crippen LogP contribution in [0, 0.1) is 0 Å². The third-order valence-electron chi connectivity index (χ3n) is 14.1. The Hall–Kier alpha value is -4.45. The molecule has 6 nitrogen and oxygen atoms in total. The number of ether oxygens (including phenoxy) is 3. The van der Waals surface area contributed by atoms with Crippen LogP contribution in [0.5, 0.6) is 0 Å². The molecule has 0 radical (unpaired) electrons. The maximum Gasteiger partial charge on any atom is 0.306 e. The summed E-state index contributed by atoms with van der Waals surface area (Å²) in [5.74, 6) is -0.908. The lowest BCUT2D eigenvalue weighted by Crippen LogP contribution is -2.30. The van der Waals surface area contributed by atoms with E-state index in [2.05, 4.69) is 154 Å². The van der Waals surface area contributed by atoms with Crippen LogP contribution < -0.4 is 0 Å². The Morgan fingerprint density at radius 2 is 0.481 bits per heavy atom. The molecule has 0 saturated heterocycles. The van der Waals surface area contributed by atoms with Gasteiger partial charge in [-0.25, -0.2) is 0 Å². The monoisotopic (exact) mass is 1120 g/mol. The molecule has 460 valence electrons. The van der Waals surface area contributed by atoms with Crippen molar-refractivity contribution in [3.63, 3.8) is 0 Å². The van der Waals surface area contributed by atoms with E-state index in [9.17, 15) is 14.4 Å². The fraction of sp³-hybridized carbons (Fsp3) is 0.667. The van der Waals surface area contributed by atoms with Gasteiger partial charge in [-0.2, -0.15) is 0 Å². The molecule has 0 amide bonds. The van der Waals surface area contributed by atoms with Gasteiger partial charge in [0.05, 0.1) is 0 Å². The Morgan fingerprint density at radius 3 is 0.765 bits per heavy atom. The standard InChI is InChI=1S/C75H124O6/c1-4-7-10-13-16-19-22-24-26-28-30-31-32-33-34-35-36-37-38-39-40-41-42-43-45-46-48-50-53-56-59-62-65-68-74(77)80-71-72(70-79-73(76)67-64-61-58-55-52-21-18-15-12-9-6-3)81-75(78)69-66-63-60-57-54-51-49-47-44-29-27-25-23-20-17-14-11-8-5-2/h7-8,10-11,15-20,24-27,30-31,33-34,36-37,44,47,72H,4-6,9,12-14,21-23,28-29,32,35,38-43,45-46,48-71H2,1-3H3/b10-7-,11-8-,18-15-,19-16-,20-17-,26-24-,27-25-,31-30-,34-33-,37-36-,47-44-. The number of hydrogen-bond donors (Lipinski definition) is 0. The maximum absolute atomic E-state index is 12.9. The first-order valence-corrected chi connectivity index (χ1v) is 33.7. The van der Waals surface area contributed by atoms with Crippen LogP contribution in [-0.2, 0) is 28.6 Å². The van der Waals surface area contributed by atoms with Crippen molar-refractivity contribution in [1.29, 1.82) is 0 Å². The van der Waals surface area contributed by atoms with E-state index in [4.69, 9.17) is 14.2 Å². The van der Waals surface area contributed by atoms with E-state index < -0.39 is 6.10 Å². The summed E-state index contributed by atoms with van der Waals surface area (Å²) in [6.45, 7) is 6.37.